The third kappa shape index (κ3) is 4.68. The number of carbonyl (C=O) groups is 1. The van der Waals surface area contributed by atoms with Crippen molar-refractivity contribution in [3.8, 4) is 5.88 Å². The third-order valence-electron chi connectivity index (χ3n) is 3.42. The van der Waals surface area contributed by atoms with E-state index in [0.717, 1.165) is 5.56 Å². The Morgan fingerprint density at radius 3 is 2.62 bits per heavy atom. The molecule has 1 amide bonds. The van der Waals surface area contributed by atoms with Gasteiger partial charge in [0.25, 0.3) is 5.91 Å². The molecule has 0 aromatic carbocycles. The maximum atomic E-state index is 12.2. The molecule has 1 rings (SSSR count). The number of anilines is 1. The molecule has 0 saturated carbocycles. The van der Waals surface area contributed by atoms with E-state index < -0.39 is 5.60 Å². The number of pyridine rings is 1. The second-order valence-corrected chi connectivity index (χ2v) is 4.93. The van der Waals surface area contributed by atoms with Crippen molar-refractivity contribution in [3.05, 3.63) is 17.8 Å². The number of aryl methyl sites for hydroxylation is 1. The third-order valence-corrected chi connectivity index (χ3v) is 3.42. The molecule has 1 N–H and O–H groups in total. The number of nitrogens with one attached hydrogen (secondary N) is 1. The lowest BCUT2D eigenvalue weighted by atomic mass is 10.0. The molecule has 0 spiro atoms. The van der Waals surface area contributed by atoms with Crippen LogP contribution in [0.25, 0.3) is 0 Å². The van der Waals surface area contributed by atoms with Gasteiger partial charge in [0.05, 0.1) is 18.5 Å². The van der Waals surface area contributed by atoms with Crippen molar-refractivity contribution in [2.45, 2.75) is 32.8 Å². The van der Waals surface area contributed by atoms with Crippen molar-refractivity contribution in [2.75, 3.05) is 32.8 Å². The molecule has 0 saturated heterocycles. The van der Waals surface area contributed by atoms with E-state index in [-0.39, 0.29) is 5.91 Å². The van der Waals surface area contributed by atoms with Gasteiger partial charge in [-0.25, -0.2) is 4.98 Å². The zero-order chi connectivity index (χ0) is 15.9. The molecular formula is C15H24N2O4. The number of carbonyl (C=O) groups excluding carboxylic acids is 1. The van der Waals surface area contributed by atoms with Crippen molar-refractivity contribution in [1.82, 2.24) is 4.98 Å². The number of hydrogen-bond acceptors (Lipinski definition) is 5. The Bertz CT molecular complexity index is 473. The molecule has 118 valence electrons. The molecule has 0 aliphatic rings. The maximum absolute atomic E-state index is 12.2. The largest absolute Gasteiger partial charge is 0.475 e. The summed E-state index contributed by atoms with van der Waals surface area (Å²) in [7, 11) is 3.14. The van der Waals surface area contributed by atoms with E-state index in [0.29, 0.717) is 31.2 Å². The zero-order valence-electron chi connectivity index (χ0n) is 13.4. The second-order valence-electron chi connectivity index (χ2n) is 4.93. The van der Waals surface area contributed by atoms with Gasteiger partial charge < -0.3 is 19.5 Å². The summed E-state index contributed by atoms with van der Waals surface area (Å²) < 4.78 is 15.7. The van der Waals surface area contributed by atoms with Crippen LogP contribution in [-0.4, -0.2) is 43.9 Å². The highest BCUT2D eigenvalue weighted by molar-refractivity contribution is 5.96. The van der Waals surface area contributed by atoms with Crippen molar-refractivity contribution < 1.29 is 19.0 Å². The smallest absolute Gasteiger partial charge is 0.256 e. The van der Waals surface area contributed by atoms with Crippen molar-refractivity contribution in [3.63, 3.8) is 0 Å². The van der Waals surface area contributed by atoms with E-state index in [1.807, 2.05) is 19.9 Å². The highest BCUT2D eigenvalue weighted by Gasteiger charge is 2.31. The SMILES string of the molecule is CC[C@@](C)(OC)C(=O)Nc1cnc(OCCOC)c(C)c1. The molecule has 1 heterocycles. The molecule has 6 heteroatoms. The van der Waals surface area contributed by atoms with E-state index in [2.05, 4.69) is 10.3 Å². The van der Waals surface area contributed by atoms with Crippen LogP contribution >= 0.6 is 0 Å². The quantitative estimate of drug-likeness (QED) is 0.745. The Hall–Kier alpha value is -1.66. The molecule has 0 unspecified atom stereocenters. The van der Waals surface area contributed by atoms with Gasteiger partial charge in [-0.15, -0.1) is 0 Å². The van der Waals surface area contributed by atoms with Crippen molar-refractivity contribution in [1.29, 1.82) is 0 Å². The van der Waals surface area contributed by atoms with Crippen LogP contribution in [0.5, 0.6) is 5.88 Å². The molecule has 0 fully saturated rings. The van der Waals surface area contributed by atoms with E-state index in [9.17, 15) is 4.79 Å². The zero-order valence-corrected chi connectivity index (χ0v) is 13.4. The number of rotatable bonds is 8. The van der Waals surface area contributed by atoms with Gasteiger partial charge in [-0.05, 0) is 26.3 Å². The van der Waals surface area contributed by atoms with E-state index >= 15 is 0 Å². The van der Waals surface area contributed by atoms with Crippen LogP contribution in [0, 0.1) is 6.92 Å². The highest BCUT2D eigenvalue weighted by atomic mass is 16.5. The predicted octanol–water partition coefficient (Wildman–Crippen LogP) is 2.17. The molecule has 0 radical (unpaired) electrons. The lowest BCUT2D eigenvalue weighted by Gasteiger charge is -2.25. The number of hydrogen-bond donors (Lipinski definition) is 1. The Morgan fingerprint density at radius 2 is 2.10 bits per heavy atom. The van der Waals surface area contributed by atoms with Gasteiger partial charge in [0.1, 0.15) is 12.2 Å². The summed E-state index contributed by atoms with van der Waals surface area (Å²) in [6.07, 6.45) is 2.15. The van der Waals surface area contributed by atoms with Gasteiger partial charge in [0, 0.05) is 19.8 Å². The number of ether oxygens (including phenoxy) is 3. The summed E-state index contributed by atoms with van der Waals surface area (Å²) in [4.78, 5) is 16.4. The van der Waals surface area contributed by atoms with Gasteiger partial charge in [-0.1, -0.05) is 6.92 Å². The van der Waals surface area contributed by atoms with Crippen molar-refractivity contribution in [2.24, 2.45) is 0 Å². The van der Waals surface area contributed by atoms with Crippen LogP contribution in [0.2, 0.25) is 0 Å². The summed E-state index contributed by atoms with van der Waals surface area (Å²) in [5.41, 5.74) is 0.620. The van der Waals surface area contributed by atoms with Crippen molar-refractivity contribution >= 4 is 11.6 Å². The van der Waals surface area contributed by atoms with E-state index in [1.165, 1.54) is 7.11 Å². The van der Waals surface area contributed by atoms with E-state index in [4.69, 9.17) is 14.2 Å². The van der Waals surface area contributed by atoms with Crippen LogP contribution in [-0.2, 0) is 14.3 Å². The van der Waals surface area contributed by atoms with E-state index in [1.54, 1.807) is 20.2 Å². The van der Waals surface area contributed by atoms with Gasteiger partial charge in [0.2, 0.25) is 5.88 Å². The second kappa shape index (κ2) is 7.95. The average Bonchev–Trinajstić information content (AvgIpc) is 2.48. The van der Waals surface area contributed by atoms with Gasteiger partial charge in [-0.2, -0.15) is 0 Å². The summed E-state index contributed by atoms with van der Waals surface area (Å²) in [5.74, 6) is 0.344. The molecule has 0 bridgehead atoms. The summed E-state index contributed by atoms with van der Waals surface area (Å²) in [6.45, 7) is 6.47. The van der Waals surface area contributed by atoms with Crippen LogP contribution < -0.4 is 10.1 Å². The van der Waals surface area contributed by atoms with Crippen LogP contribution in [0.4, 0.5) is 5.69 Å². The standard InChI is InChI=1S/C15H24N2O4/c1-6-15(3,20-5)14(18)17-12-9-11(2)13(16-10-12)21-8-7-19-4/h9-10H,6-8H2,1-5H3,(H,17,18)/t15-/m1/s1. The van der Waals surface area contributed by atoms with Crippen LogP contribution in [0.15, 0.2) is 12.3 Å². The van der Waals surface area contributed by atoms with Crippen LogP contribution in [0.3, 0.4) is 0 Å². The van der Waals surface area contributed by atoms with Crippen LogP contribution in [0.1, 0.15) is 25.8 Å². The average molecular weight is 296 g/mol. The highest BCUT2D eigenvalue weighted by Crippen LogP contribution is 2.21. The fourth-order valence-corrected chi connectivity index (χ4v) is 1.66. The number of methoxy groups -OCH3 is 2. The first-order valence-corrected chi connectivity index (χ1v) is 6.91. The summed E-state index contributed by atoms with van der Waals surface area (Å²) in [6, 6.07) is 1.82. The lowest BCUT2D eigenvalue weighted by Crippen LogP contribution is -2.41. The monoisotopic (exact) mass is 296 g/mol. The first kappa shape index (κ1) is 17.4. The number of aromatic nitrogens is 1. The molecule has 0 aliphatic carbocycles. The summed E-state index contributed by atoms with van der Waals surface area (Å²) in [5, 5.41) is 2.81. The molecule has 1 aromatic rings. The maximum Gasteiger partial charge on any atom is 0.256 e. The van der Waals surface area contributed by atoms with Gasteiger partial charge in [-0.3, -0.25) is 4.79 Å². The fourth-order valence-electron chi connectivity index (χ4n) is 1.66. The Kier molecular flexibility index (Phi) is 6.58. The minimum atomic E-state index is -0.846. The first-order valence-electron chi connectivity index (χ1n) is 6.91. The molecule has 21 heavy (non-hydrogen) atoms. The minimum absolute atomic E-state index is 0.193. The number of nitrogens with zero attached hydrogens (tertiary/aromatic N) is 1. The molecular weight excluding hydrogens is 272 g/mol. The topological polar surface area (TPSA) is 69.7 Å². The Labute approximate surface area is 125 Å². The molecule has 6 nitrogen and oxygen atoms in total. The normalized spacial score (nSPS) is 13.6. The Balaban J connectivity index is 2.73. The summed E-state index contributed by atoms with van der Waals surface area (Å²) >= 11 is 0. The lowest BCUT2D eigenvalue weighted by molar-refractivity contribution is -0.136. The first-order chi connectivity index (χ1) is 9.96. The number of amides is 1. The minimum Gasteiger partial charge on any atom is -0.475 e. The molecule has 1 atom stereocenters. The predicted molar refractivity (Wildman–Crippen MR) is 80.7 cm³/mol. The van der Waals surface area contributed by atoms with Gasteiger partial charge in [0.15, 0.2) is 0 Å². The molecule has 0 aliphatic heterocycles. The molecule has 1 aromatic heterocycles. The van der Waals surface area contributed by atoms with Gasteiger partial charge >= 0.3 is 0 Å². The Morgan fingerprint density at radius 1 is 1.38 bits per heavy atom. The fraction of sp³-hybridized carbons (Fsp3) is 0.600.